The first-order chi connectivity index (χ1) is 8.78. The van der Waals surface area contributed by atoms with Gasteiger partial charge in [-0.1, -0.05) is 24.3 Å². The molecule has 90 valence electrons. The van der Waals surface area contributed by atoms with Gasteiger partial charge in [-0.3, -0.25) is 0 Å². The number of nitrogens with one attached hydrogen (secondary N) is 1. The minimum Gasteiger partial charge on any atom is -0.394 e. The second-order valence-corrected chi connectivity index (χ2v) is 4.88. The van der Waals surface area contributed by atoms with Crippen molar-refractivity contribution in [2.24, 2.45) is 0 Å². The Kier molecular flexibility index (Phi) is 2.46. The molecule has 3 heteroatoms. The average Bonchev–Trinajstić information content (AvgIpc) is 3.20. The summed E-state index contributed by atoms with van der Waals surface area (Å²) in [6, 6.07) is 13.8. The van der Waals surface area contributed by atoms with Gasteiger partial charge in [0.15, 0.2) is 0 Å². The van der Waals surface area contributed by atoms with Gasteiger partial charge in [0.05, 0.1) is 23.8 Å². The maximum absolute atomic E-state index is 9.38. The van der Waals surface area contributed by atoms with Crippen LogP contribution < -0.4 is 5.32 Å². The summed E-state index contributed by atoms with van der Waals surface area (Å²) in [4.78, 5) is 0. The third kappa shape index (κ3) is 1.71. The lowest BCUT2D eigenvalue weighted by atomic mass is 10.0. The second-order valence-electron chi connectivity index (χ2n) is 4.88. The van der Waals surface area contributed by atoms with E-state index in [2.05, 4.69) is 11.4 Å². The fourth-order valence-electron chi connectivity index (χ4n) is 2.26. The molecular weight excluding hydrogens is 224 g/mol. The van der Waals surface area contributed by atoms with Crippen LogP contribution in [0.4, 0.5) is 5.69 Å². The Morgan fingerprint density at radius 2 is 1.89 bits per heavy atom. The predicted molar refractivity (Wildman–Crippen MR) is 71.3 cm³/mol. The lowest BCUT2D eigenvalue weighted by Crippen LogP contribution is -2.25. The summed E-state index contributed by atoms with van der Waals surface area (Å²) in [6.07, 6.45) is 2.00. The average molecular weight is 238 g/mol. The number of anilines is 1. The molecule has 0 aromatic heterocycles. The Hall–Kier alpha value is -2.05. The van der Waals surface area contributed by atoms with E-state index in [0.29, 0.717) is 5.56 Å². The van der Waals surface area contributed by atoms with E-state index in [0.717, 1.165) is 29.3 Å². The van der Waals surface area contributed by atoms with Crippen LogP contribution in [-0.4, -0.2) is 17.3 Å². The SMILES string of the molecule is N#Cc1ccc(NC2(CO)CC2)c2ccccc12. The van der Waals surface area contributed by atoms with E-state index in [4.69, 9.17) is 5.26 Å². The van der Waals surface area contributed by atoms with Crippen molar-refractivity contribution in [3.05, 3.63) is 42.0 Å². The van der Waals surface area contributed by atoms with Crippen molar-refractivity contribution in [2.45, 2.75) is 18.4 Å². The van der Waals surface area contributed by atoms with E-state index in [9.17, 15) is 5.11 Å². The van der Waals surface area contributed by atoms with Gasteiger partial charge in [0, 0.05) is 16.5 Å². The van der Waals surface area contributed by atoms with E-state index in [-0.39, 0.29) is 12.1 Å². The maximum atomic E-state index is 9.38. The molecule has 1 saturated carbocycles. The van der Waals surface area contributed by atoms with E-state index in [1.807, 2.05) is 36.4 Å². The zero-order valence-electron chi connectivity index (χ0n) is 9.98. The molecule has 1 aliphatic rings. The first-order valence-electron chi connectivity index (χ1n) is 6.09. The Labute approximate surface area is 106 Å². The molecule has 0 amide bonds. The van der Waals surface area contributed by atoms with Crippen molar-refractivity contribution in [3.8, 4) is 6.07 Å². The molecule has 1 aliphatic carbocycles. The molecular formula is C15H14N2O. The highest BCUT2D eigenvalue weighted by atomic mass is 16.3. The Morgan fingerprint density at radius 3 is 2.50 bits per heavy atom. The number of nitriles is 1. The van der Waals surface area contributed by atoms with Crippen LogP contribution in [0.5, 0.6) is 0 Å². The standard InChI is InChI=1S/C15H14N2O/c16-9-11-5-6-14(17-15(10-18)7-8-15)13-4-2-1-3-12(11)13/h1-6,17-18H,7-8,10H2. The highest BCUT2D eigenvalue weighted by Crippen LogP contribution is 2.40. The predicted octanol–water partition coefficient (Wildman–Crippen LogP) is 2.65. The van der Waals surface area contributed by atoms with E-state index < -0.39 is 0 Å². The van der Waals surface area contributed by atoms with Crippen molar-refractivity contribution in [1.29, 1.82) is 5.26 Å². The van der Waals surface area contributed by atoms with E-state index in [1.165, 1.54) is 0 Å². The number of fused-ring (bicyclic) bond motifs is 1. The fraction of sp³-hybridized carbons (Fsp3) is 0.267. The van der Waals surface area contributed by atoms with Crippen LogP contribution in [0.25, 0.3) is 10.8 Å². The van der Waals surface area contributed by atoms with Crippen LogP contribution >= 0.6 is 0 Å². The van der Waals surface area contributed by atoms with Crippen molar-refractivity contribution in [1.82, 2.24) is 0 Å². The molecule has 2 aromatic carbocycles. The number of aliphatic hydroxyl groups excluding tert-OH is 1. The van der Waals surface area contributed by atoms with Gasteiger partial charge in [0.1, 0.15) is 0 Å². The summed E-state index contributed by atoms with van der Waals surface area (Å²) >= 11 is 0. The van der Waals surface area contributed by atoms with Gasteiger partial charge in [0.2, 0.25) is 0 Å². The van der Waals surface area contributed by atoms with Gasteiger partial charge in [-0.15, -0.1) is 0 Å². The van der Waals surface area contributed by atoms with Gasteiger partial charge in [0.25, 0.3) is 0 Å². The smallest absolute Gasteiger partial charge is 0.0998 e. The minimum atomic E-state index is -0.142. The third-order valence-corrected chi connectivity index (χ3v) is 3.60. The highest BCUT2D eigenvalue weighted by molar-refractivity contribution is 5.97. The van der Waals surface area contributed by atoms with Crippen LogP contribution in [0.3, 0.4) is 0 Å². The second kappa shape index (κ2) is 4.01. The molecule has 2 N–H and O–H groups in total. The summed E-state index contributed by atoms with van der Waals surface area (Å²) in [5.74, 6) is 0. The Bertz CT molecular complexity index is 638. The van der Waals surface area contributed by atoms with Crippen LogP contribution in [-0.2, 0) is 0 Å². The van der Waals surface area contributed by atoms with Crippen LogP contribution in [0.15, 0.2) is 36.4 Å². The maximum Gasteiger partial charge on any atom is 0.0998 e. The van der Waals surface area contributed by atoms with E-state index in [1.54, 1.807) is 0 Å². The number of benzene rings is 2. The highest BCUT2D eigenvalue weighted by Gasteiger charge is 2.42. The minimum absolute atomic E-state index is 0.142. The number of nitrogens with zero attached hydrogens (tertiary/aromatic N) is 1. The van der Waals surface area contributed by atoms with Crippen LogP contribution in [0.2, 0.25) is 0 Å². The first kappa shape index (κ1) is 11.1. The molecule has 18 heavy (non-hydrogen) atoms. The number of hydrogen-bond donors (Lipinski definition) is 2. The Balaban J connectivity index is 2.11. The number of hydrogen-bond acceptors (Lipinski definition) is 3. The van der Waals surface area contributed by atoms with Gasteiger partial charge in [-0.25, -0.2) is 0 Å². The zero-order valence-corrected chi connectivity index (χ0v) is 9.98. The molecule has 0 radical (unpaired) electrons. The van der Waals surface area contributed by atoms with Crippen molar-refractivity contribution in [2.75, 3.05) is 11.9 Å². The summed E-state index contributed by atoms with van der Waals surface area (Å²) < 4.78 is 0. The fourth-order valence-corrected chi connectivity index (χ4v) is 2.26. The van der Waals surface area contributed by atoms with Crippen LogP contribution in [0.1, 0.15) is 18.4 Å². The molecule has 2 aromatic rings. The molecule has 3 nitrogen and oxygen atoms in total. The topological polar surface area (TPSA) is 56.0 Å². The largest absolute Gasteiger partial charge is 0.394 e. The molecule has 1 fully saturated rings. The molecule has 0 saturated heterocycles. The normalized spacial score (nSPS) is 16.2. The van der Waals surface area contributed by atoms with Gasteiger partial charge in [-0.05, 0) is 25.0 Å². The molecule has 0 bridgehead atoms. The molecule has 0 unspecified atom stereocenters. The molecule has 0 heterocycles. The van der Waals surface area contributed by atoms with E-state index >= 15 is 0 Å². The number of aliphatic hydroxyl groups is 1. The quantitative estimate of drug-likeness (QED) is 0.864. The number of rotatable bonds is 3. The van der Waals surface area contributed by atoms with Crippen molar-refractivity contribution >= 4 is 16.5 Å². The zero-order chi connectivity index (χ0) is 12.6. The molecule has 0 atom stereocenters. The van der Waals surface area contributed by atoms with Gasteiger partial charge < -0.3 is 10.4 Å². The Morgan fingerprint density at radius 1 is 1.17 bits per heavy atom. The molecule has 0 spiro atoms. The lowest BCUT2D eigenvalue weighted by Gasteiger charge is -2.18. The third-order valence-electron chi connectivity index (χ3n) is 3.60. The summed E-state index contributed by atoms with van der Waals surface area (Å²) in [5, 5.41) is 23.9. The molecule has 3 rings (SSSR count). The lowest BCUT2D eigenvalue weighted by molar-refractivity contribution is 0.266. The van der Waals surface area contributed by atoms with Crippen molar-refractivity contribution in [3.63, 3.8) is 0 Å². The van der Waals surface area contributed by atoms with Crippen molar-refractivity contribution < 1.29 is 5.11 Å². The summed E-state index contributed by atoms with van der Waals surface area (Å²) in [5.41, 5.74) is 1.54. The summed E-state index contributed by atoms with van der Waals surface area (Å²) in [6.45, 7) is 0.154. The van der Waals surface area contributed by atoms with Gasteiger partial charge >= 0.3 is 0 Å². The molecule has 0 aliphatic heterocycles. The van der Waals surface area contributed by atoms with Gasteiger partial charge in [-0.2, -0.15) is 5.26 Å². The first-order valence-corrected chi connectivity index (χ1v) is 6.09. The monoisotopic (exact) mass is 238 g/mol. The van der Waals surface area contributed by atoms with Crippen LogP contribution in [0, 0.1) is 11.3 Å². The summed E-state index contributed by atoms with van der Waals surface area (Å²) in [7, 11) is 0.